The molecule has 0 saturated heterocycles. The minimum Gasteiger partial charge on any atom is -0.324 e. The second kappa shape index (κ2) is 6.34. The summed E-state index contributed by atoms with van der Waals surface area (Å²) in [6.07, 6.45) is 1.16. The molecule has 0 aliphatic heterocycles. The number of fused-ring (bicyclic) bond motifs is 1. The summed E-state index contributed by atoms with van der Waals surface area (Å²) in [4.78, 5) is 17.8. The molecule has 136 valence electrons. The molecule has 1 atom stereocenters. The average molecular weight is 371 g/mol. The number of benzene rings is 2. The van der Waals surface area contributed by atoms with Gasteiger partial charge in [0.05, 0.1) is 15.8 Å². The molecule has 6 nitrogen and oxygen atoms in total. The fourth-order valence-electron chi connectivity index (χ4n) is 3.01. The molecule has 26 heavy (non-hydrogen) atoms. The molecular weight excluding hydrogens is 350 g/mol. The Kier molecular flexibility index (Phi) is 4.46. The van der Waals surface area contributed by atoms with Crippen molar-refractivity contribution in [1.82, 2.24) is 9.55 Å². The molecule has 0 bridgehead atoms. The first-order valence-electron chi connectivity index (χ1n) is 8.17. The van der Waals surface area contributed by atoms with E-state index in [2.05, 4.69) is 0 Å². The summed E-state index contributed by atoms with van der Waals surface area (Å²) in [6.45, 7) is 3.77. The van der Waals surface area contributed by atoms with Gasteiger partial charge in [-0.2, -0.15) is 0 Å². The van der Waals surface area contributed by atoms with Gasteiger partial charge < -0.3 is 5.73 Å². The van der Waals surface area contributed by atoms with E-state index in [9.17, 15) is 13.2 Å². The van der Waals surface area contributed by atoms with Crippen LogP contribution in [0, 0.1) is 6.92 Å². The topological polar surface area (TPSA) is 95.0 Å². The molecule has 1 unspecified atom stereocenters. The molecule has 7 heteroatoms. The van der Waals surface area contributed by atoms with Crippen LogP contribution >= 0.6 is 0 Å². The second-order valence-corrected chi connectivity index (χ2v) is 8.65. The SMILES string of the molecule is Cc1cc(C(C)N)c2nc(-c3ccc(S(C)(=O)=O)cc3)n(C)c(=O)c2c1. The van der Waals surface area contributed by atoms with Gasteiger partial charge in [-0.25, -0.2) is 13.4 Å². The molecule has 2 N–H and O–H groups in total. The quantitative estimate of drug-likeness (QED) is 0.762. The van der Waals surface area contributed by atoms with E-state index in [-0.39, 0.29) is 16.5 Å². The first kappa shape index (κ1) is 18.3. The van der Waals surface area contributed by atoms with E-state index in [1.54, 1.807) is 19.2 Å². The number of rotatable bonds is 3. The highest BCUT2D eigenvalue weighted by molar-refractivity contribution is 7.90. The number of hydrogen-bond acceptors (Lipinski definition) is 5. The van der Waals surface area contributed by atoms with Crippen molar-refractivity contribution < 1.29 is 8.42 Å². The predicted octanol–water partition coefficient (Wildman–Crippen LogP) is 2.33. The van der Waals surface area contributed by atoms with E-state index in [4.69, 9.17) is 10.7 Å². The summed E-state index contributed by atoms with van der Waals surface area (Å²) in [5, 5.41) is 0.524. The van der Waals surface area contributed by atoms with Crippen molar-refractivity contribution >= 4 is 20.7 Å². The fourth-order valence-corrected chi connectivity index (χ4v) is 3.64. The third-order valence-electron chi connectivity index (χ3n) is 4.39. The molecule has 0 aliphatic carbocycles. The molecular formula is C19H21N3O3S. The Labute approximate surface area is 152 Å². The van der Waals surface area contributed by atoms with Crippen molar-refractivity contribution in [2.45, 2.75) is 24.8 Å². The zero-order valence-electron chi connectivity index (χ0n) is 15.1. The van der Waals surface area contributed by atoms with Crippen molar-refractivity contribution in [2.75, 3.05) is 6.26 Å². The Bertz CT molecular complexity index is 1160. The van der Waals surface area contributed by atoms with Crippen LogP contribution in [0.5, 0.6) is 0 Å². The summed E-state index contributed by atoms with van der Waals surface area (Å²) in [5.41, 5.74) is 8.92. The van der Waals surface area contributed by atoms with Crippen LogP contribution in [0.2, 0.25) is 0 Å². The van der Waals surface area contributed by atoms with Gasteiger partial charge in [0.2, 0.25) is 0 Å². The first-order valence-corrected chi connectivity index (χ1v) is 10.1. The Hall–Kier alpha value is -2.51. The van der Waals surface area contributed by atoms with Crippen LogP contribution < -0.4 is 11.3 Å². The maximum Gasteiger partial charge on any atom is 0.261 e. The Balaban J connectivity index is 2.31. The highest BCUT2D eigenvalue weighted by atomic mass is 32.2. The highest BCUT2D eigenvalue weighted by Gasteiger charge is 2.16. The highest BCUT2D eigenvalue weighted by Crippen LogP contribution is 2.25. The third kappa shape index (κ3) is 3.15. The minimum absolute atomic E-state index is 0.164. The lowest BCUT2D eigenvalue weighted by atomic mass is 10.0. The van der Waals surface area contributed by atoms with Crippen molar-refractivity contribution in [3.63, 3.8) is 0 Å². The van der Waals surface area contributed by atoms with Gasteiger partial charge in [0.1, 0.15) is 5.82 Å². The zero-order valence-corrected chi connectivity index (χ0v) is 16.0. The monoisotopic (exact) mass is 371 g/mol. The van der Waals surface area contributed by atoms with Gasteiger partial charge in [0, 0.05) is 24.9 Å². The predicted molar refractivity (Wildman–Crippen MR) is 103 cm³/mol. The molecule has 3 rings (SSSR count). The third-order valence-corrected chi connectivity index (χ3v) is 5.51. The van der Waals surface area contributed by atoms with E-state index >= 15 is 0 Å². The van der Waals surface area contributed by atoms with Crippen molar-refractivity contribution in [3.05, 3.63) is 57.9 Å². The molecule has 1 heterocycles. The molecule has 1 aromatic heterocycles. The molecule has 0 amide bonds. The van der Waals surface area contributed by atoms with Crippen molar-refractivity contribution in [1.29, 1.82) is 0 Å². The van der Waals surface area contributed by atoms with Gasteiger partial charge in [-0.05, 0) is 55.3 Å². The summed E-state index contributed by atoms with van der Waals surface area (Å²) in [5.74, 6) is 0.466. The smallest absolute Gasteiger partial charge is 0.261 e. The lowest BCUT2D eigenvalue weighted by molar-refractivity contribution is 0.602. The number of aryl methyl sites for hydroxylation is 1. The summed E-state index contributed by atoms with van der Waals surface area (Å²) < 4.78 is 24.8. The van der Waals surface area contributed by atoms with Gasteiger partial charge in [-0.15, -0.1) is 0 Å². The Morgan fingerprint density at radius 2 is 1.77 bits per heavy atom. The van der Waals surface area contributed by atoms with Crippen molar-refractivity contribution in [3.8, 4) is 11.4 Å². The summed E-state index contributed by atoms with van der Waals surface area (Å²) >= 11 is 0. The number of nitrogens with two attached hydrogens (primary N) is 1. The average Bonchev–Trinajstić information content (AvgIpc) is 2.57. The number of aromatic nitrogens is 2. The van der Waals surface area contributed by atoms with Crippen LogP contribution in [-0.2, 0) is 16.9 Å². The van der Waals surface area contributed by atoms with E-state index in [0.29, 0.717) is 22.3 Å². The fraction of sp³-hybridized carbons (Fsp3) is 0.263. The van der Waals surface area contributed by atoms with Crippen LogP contribution in [0.3, 0.4) is 0 Å². The second-order valence-electron chi connectivity index (χ2n) is 6.64. The van der Waals surface area contributed by atoms with Crippen LogP contribution in [0.15, 0.2) is 46.1 Å². The normalized spacial score (nSPS) is 13.1. The number of sulfone groups is 1. The van der Waals surface area contributed by atoms with Crippen LogP contribution in [-0.4, -0.2) is 24.2 Å². The number of nitrogens with zero attached hydrogens (tertiary/aromatic N) is 2. The van der Waals surface area contributed by atoms with Gasteiger partial charge in [0.25, 0.3) is 5.56 Å². The molecule has 2 aromatic carbocycles. The molecule has 0 saturated carbocycles. The lowest BCUT2D eigenvalue weighted by Gasteiger charge is -2.15. The van der Waals surface area contributed by atoms with Gasteiger partial charge >= 0.3 is 0 Å². The molecule has 3 aromatic rings. The lowest BCUT2D eigenvalue weighted by Crippen LogP contribution is -2.21. The van der Waals surface area contributed by atoms with Crippen LogP contribution in [0.25, 0.3) is 22.3 Å². The zero-order chi connectivity index (χ0) is 19.2. The summed E-state index contributed by atoms with van der Waals surface area (Å²) in [7, 11) is -1.63. The van der Waals surface area contributed by atoms with Crippen LogP contribution in [0.4, 0.5) is 0 Å². The maximum atomic E-state index is 12.9. The van der Waals surface area contributed by atoms with E-state index in [1.165, 1.54) is 16.7 Å². The van der Waals surface area contributed by atoms with Crippen molar-refractivity contribution in [2.24, 2.45) is 12.8 Å². The minimum atomic E-state index is -3.28. The van der Waals surface area contributed by atoms with E-state index < -0.39 is 9.84 Å². The summed E-state index contributed by atoms with van der Waals surface area (Å²) in [6, 6.07) is 9.83. The van der Waals surface area contributed by atoms with Gasteiger partial charge in [-0.1, -0.05) is 6.07 Å². The molecule has 0 aliphatic rings. The van der Waals surface area contributed by atoms with E-state index in [0.717, 1.165) is 17.4 Å². The Morgan fingerprint density at radius 1 is 1.15 bits per heavy atom. The molecule has 0 spiro atoms. The maximum absolute atomic E-state index is 12.9. The molecule has 0 fully saturated rings. The largest absolute Gasteiger partial charge is 0.324 e. The Morgan fingerprint density at radius 3 is 2.31 bits per heavy atom. The first-order chi connectivity index (χ1) is 12.1. The molecule has 0 radical (unpaired) electrons. The van der Waals surface area contributed by atoms with E-state index in [1.807, 2.05) is 26.0 Å². The van der Waals surface area contributed by atoms with Gasteiger partial charge in [0.15, 0.2) is 9.84 Å². The number of hydrogen-bond donors (Lipinski definition) is 1. The van der Waals surface area contributed by atoms with Crippen LogP contribution in [0.1, 0.15) is 24.1 Å². The van der Waals surface area contributed by atoms with Gasteiger partial charge in [-0.3, -0.25) is 9.36 Å². The standard InChI is InChI=1S/C19H21N3O3S/c1-11-9-15(12(2)20)17-16(10-11)19(23)22(3)18(21-17)13-5-7-14(8-6-13)26(4,24)25/h5-10,12H,20H2,1-4H3.